The number of rotatable bonds is 3. The van der Waals surface area contributed by atoms with Crippen LogP contribution in [-0.4, -0.2) is 0 Å². The quantitative estimate of drug-likeness (QED) is 0.735. The zero-order chi connectivity index (χ0) is 9.84. The smallest absolute Gasteiger partial charge is 0.0233 e. The lowest BCUT2D eigenvalue weighted by Gasteiger charge is -2.07. The lowest BCUT2D eigenvalue weighted by molar-refractivity contribution is 0.793. The summed E-state index contributed by atoms with van der Waals surface area (Å²) in [6, 6.07) is 4.57. The van der Waals surface area contributed by atoms with Crippen molar-refractivity contribution >= 4 is 15.9 Å². The first-order valence-corrected chi connectivity index (χ1v) is 5.70. The van der Waals surface area contributed by atoms with E-state index in [4.69, 9.17) is 0 Å². The number of hydrogen-bond donors (Lipinski definition) is 0. The summed E-state index contributed by atoms with van der Waals surface area (Å²) >= 11 is 3.58. The van der Waals surface area contributed by atoms with Crippen LogP contribution in [0.2, 0.25) is 0 Å². The van der Waals surface area contributed by atoms with Crippen molar-refractivity contribution in [2.75, 3.05) is 0 Å². The average Bonchev–Trinajstić information content (AvgIpc) is 2.10. The molecule has 0 saturated heterocycles. The molecule has 0 bridgehead atoms. The monoisotopic (exact) mass is 240 g/mol. The Balaban J connectivity index is 2.86. The van der Waals surface area contributed by atoms with Crippen LogP contribution in [0.1, 0.15) is 36.5 Å². The van der Waals surface area contributed by atoms with Crippen LogP contribution in [-0.2, 0) is 6.42 Å². The zero-order valence-corrected chi connectivity index (χ0v) is 10.2. The molecule has 0 N–H and O–H groups in total. The van der Waals surface area contributed by atoms with E-state index in [1.54, 1.807) is 0 Å². The maximum Gasteiger partial charge on any atom is 0.0233 e. The maximum atomic E-state index is 3.58. The Morgan fingerprint density at radius 2 is 1.69 bits per heavy atom. The van der Waals surface area contributed by atoms with E-state index < -0.39 is 0 Å². The van der Waals surface area contributed by atoms with Gasteiger partial charge in [0.25, 0.3) is 0 Å². The molecule has 72 valence electrons. The highest BCUT2D eigenvalue weighted by atomic mass is 79.9. The number of hydrogen-bond acceptors (Lipinski definition) is 0. The van der Waals surface area contributed by atoms with Crippen LogP contribution in [0, 0.1) is 13.8 Å². The standard InChI is InChI=1S/C12H17Br/c1-4-5-6-11-7-9(2)12(13)10(3)8-11/h7-8H,4-6H2,1-3H3. The number of halogens is 1. The molecule has 0 aliphatic carbocycles. The van der Waals surface area contributed by atoms with Crippen molar-refractivity contribution in [3.8, 4) is 0 Å². The second-order valence-corrected chi connectivity index (χ2v) is 4.44. The molecule has 0 amide bonds. The fourth-order valence-corrected chi connectivity index (χ4v) is 1.79. The van der Waals surface area contributed by atoms with E-state index >= 15 is 0 Å². The van der Waals surface area contributed by atoms with Gasteiger partial charge in [-0.1, -0.05) is 41.4 Å². The van der Waals surface area contributed by atoms with Crippen LogP contribution in [0.25, 0.3) is 0 Å². The fourth-order valence-electron chi connectivity index (χ4n) is 1.56. The van der Waals surface area contributed by atoms with E-state index in [-0.39, 0.29) is 0 Å². The van der Waals surface area contributed by atoms with Crippen molar-refractivity contribution in [3.63, 3.8) is 0 Å². The van der Waals surface area contributed by atoms with Gasteiger partial charge in [0.15, 0.2) is 0 Å². The van der Waals surface area contributed by atoms with Crippen molar-refractivity contribution < 1.29 is 0 Å². The number of unbranched alkanes of at least 4 members (excludes halogenated alkanes) is 1. The highest BCUT2D eigenvalue weighted by molar-refractivity contribution is 9.10. The Morgan fingerprint density at radius 1 is 1.15 bits per heavy atom. The summed E-state index contributed by atoms with van der Waals surface area (Å²) in [7, 11) is 0. The largest absolute Gasteiger partial charge is 0.0654 e. The number of benzene rings is 1. The van der Waals surface area contributed by atoms with Gasteiger partial charge in [0.2, 0.25) is 0 Å². The van der Waals surface area contributed by atoms with Crippen LogP contribution in [0.5, 0.6) is 0 Å². The molecule has 0 aliphatic rings. The first kappa shape index (κ1) is 10.8. The summed E-state index contributed by atoms with van der Waals surface area (Å²) in [5.74, 6) is 0. The minimum atomic E-state index is 1.21. The van der Waals surface area contributed by atoms with Gasteiger partial charge in [0.05, 0.1) is 0 Å². The molecule has 1 rings (SSSR count). The van der Waals surface area contributed by atoms with Crippen molar-refractivity contribution in [2.24, 2.45) is 0 Å². The van der Waals surface area contributed by atoms with E-state index in [1.807, 2.05) is 0 Å². The van der Waals surface area contributed by atoms with Crippen LogP contribution in [0.15, 0.2) is 16.6 Å². The maximum absolute atomic E-state index is 3.58. The molecule has 0 saturated carbocycles. The van der Waals surface area contributed by atoms with Crippen LogP contribution in [0.4, 0.5) is 0 Å². The van der Waals surface area contributed by atoms with Crippen molar-refractivity contribution in [1.82, 2.24) is 0 Å². The fraction of sp³-hybridized carbons (Fsp3) is 0.500. The number of aryl methyl sites for hydroxylation is 3. The summed E-state index contributed by atoms with van der Waals surface area (Å²) in [5, 5.41) is 0. The third-order valence-electron chi connectivity index (χ3n) is 2.32. The van der Waals surface area contributed by atoms with Crippen molar-refractivity contribution in [3.05, 3.63) is 33.3 Å². The van der Waals surface area contributed by atoms with Gasteiger partial charge in [-0.15, -0.1) is 0 Å². The normalized spacial score (nSPS) is 10.5. The van der Waals surface area contributed by atoms with E-state index in [1.165, 1.54) is 40.4 Å². The van der Waals surface area contributed by atoms with Gasteiger partial charge in [-0.3, -0.25) is 0 Å². The zero-order valence-electron chi connectivity index (χ0n) is 8.65. The minimum absolute atomic E-state index is 1.21. The third kappa shape index (κ3) is 2.84. The lowest BCUT2D eigenvalue weighted by atomic mass is 10.0. The minimum Gasteiger partial charge on any atom is -0.0654 e. The molecule has 1 aromatic rings. The highest BCUT2D eigenvalue weighted by Crippen LogP contribution is 2.23. The summed E-state index contributed by atoms with van der Waals surface area (Å²) in [4.78, 5) is 0. The van der Waals surface area contributed by atoms with E-state index in [2.05, 4.69) is 48.8 Å². The van der Waals surface area contributed by atoms with Gasteiger partial charge < -0.3 is 0 Å². The van der Waals surface area contributed by atoms with Crippen LogP contribution < -0.4 is 0 Å². The average molecular weight is 241 g/mol. The van der Waals surface area contributed by atoms with Gasteiger partial charge in [0.1, 0.15) is 0 Å². The van der Waals surface area contributed by atoms with Gasteiger partial charge in [-0.25, -0.2) is 0 Å². The molecular weight excluding hydrogens is 224 g/mol. The molecule has 0 nitrogen and oxygen atoms in total. The molecule has 0 aromatic heterocycles. The van der Waals surface area contributed by atoms with Gasteiger partial charge in [0, 0.05) is 4.47 Å². The van der Waals surface area contributed by atoms with Gasteiger partial charge in [-0.2, -0.15) is 0 Å². The lowest BCUT2D eigenvalue weighted by Crippen LogP contribution is -1.89. The Labute approximate surface area is 89.5 Å². The Bertz CT molecular complexity index is 266. The Kier molecular flexibility index (Phi) is 3.98. The molecule has 0 radical (unpaired) electrons. The van der Waals surface area contributed by atoms with E-state index in [9.17, 15) is 0 Å². The summed E-state index contributed by atoms with van der Waals surface area (Å²) in [6.45, 7) is 6.55. The van der Waals surface area contributed by atoms with Crippen molar-refractivity contribution in [2.45, 2.75) is 40.0 Å². The first-order valence-electron chi connectivity index (χ1n) is 4.90. The summed E-state index contributed by atoms with van der Waals surface area (Å²) < 4.78 is 1.26. The van der Waals surface area contributed by atoms with Crippen LogP contribution >= 0.6 is 15.9 Å². The summed E-state index contributed by atoms with van der Waals surface area (Å²) in [6.07, 6.45) is 3.78. The topological polar surface area (TPSA) is 0 Å². The molecule has 0 unspecified atom stereocenters. The molecule has 0 spiro atoms. The molecule has 0 heterocycles. The predicted octanol–water partition coefficient (Wildman–Crippen LogP) is 4.41. The van der Waals surface area contributed by atoms with E-state index in [0.29, 0.717) is 0 Å². The molecular formula is C12H17Br. The molecule has 1 aromatic carbocycles. The first-order chi connectivity index (χ1) is 6.15. The van der Waals surface area contributed by atoms with Crippen molar-refractivity contribution in [1.29, 1.82) is 0 Å². The van der Waals surface area contributed by atoms with Gasteiger partial charge in [-0.05, 0) is 43.4 Å². The summed E-state index contributed by atoms with van der Waals surface area (Å²) in [5.41, 5.74) is 4.18. The van der Waals surface area contributed by atoms with Crippen LogP contribution in [0.3, 0.4) is 0 Å². The third-order valence-corrected chi connectivity index (χ3v) is 3.57. The van der Waals surface area contributed by atoms with E-state index in [0.717, 1.165) is 0 Å². The molecule has 0 fully saturated rings. The molecule has 1 heteroatoms. The molecule has 13 heavy (non-hydrogen) atoms. The Hall–Kier alpha value is -0.300. The Morgan fingerprint density at radius 3 is 2.15 bits per heavy atom. The second-order valence-electron chi connectivity index (χ2n) is 3.65. The highest BCUT2D eigenvalue weighted by Gasteiger charge is 2.01. The SMILES string of the molecule is CCCCc1cc(C)c(Br)c(C)c1. The van der Waals surface area contributed by atoms with Gasteiger partial charge >= 0.3 is 0 Å². The molecule has 0 atom stereocenters. The predicted molar refractivity (Wildman–Crippen MR) is 62.2 cm³/mol. The second kappa shape index (κ2) is 4.80. The molecule has 0 aliphatic heterocycles.